The number of rotatable bonds is 7. The third kappa shape index (κ3) is 6.94. The molecule has 0 aromatic heterocycles. The van der Waals surface area contributed by atoms with Gasteiger partial charge in [0.1, 0.15) is 23.1 Å². The molecule has 0 heterocycles. The van der Waals surface area contributed by atoms with Gasteiger partial charge in [-0.25, -0.2) is 0 Å². The maximum absolute atomic E-state index is 12.7. The molecule has 0 bridgehead atoms. The van der Waals surface area contributed by atoms with Crippen molar-refractivity contribution in [1.29, 1.82) is 5.26 Å². The highest BCUT2D eigenvalue weighted by atomic mass is 79.9. The Hall–Kier alpha value is -3.61. The van der Waals surface area contributed by atoms with Gasteiger partial charge in [-0.15, -0.1) is 0 Å². The molecule has 0 aliphatic carbocycles. The van der Waals surface area contributed by atoms with E-state index in [1.807, 2.05) is 38.1 Å². The Balaban J connectivity index is 1.81. The van der Waals surface area contributed by atoms with Crippen LogP contribution in [-0.4, -0.2) is 23.5 Å². The van der Waals surface area contributed by atoms with Crippen molar-refractivity contribution < 1.29 is 19.4 Å². The molecule has 2 amide bonds. The number of halogens is 2. The van der Waals surface area contributed by atoms with Crippen molar-refractivity contribution in [3.8, 4) is 17.6 Å². The van der Waals surface area contributed by atoms with E-state index in [9.17, 15) is 20.0 Å². The number of nitrogens with zero attached hydrogens (tertiary/aromatic N) is 1. The number of anilines is 2. The van der Waals surface area contributed by atoms with Gasteiger partial charge in [0, 0.05) is 21.4 Å². The van der Waals surface area contributed by atoms with Crippen LogP contribution in [0.15, 0.2) is 69.1 Å². The summed E-state index contributed by atoms with van der Waals surface area (Å²) >= 11 is 6.82. The van der Waals surface area contributed by atoms with E-state index < -0.39 is 5.91 Å². The Morgan fingerprint density at radius 2 is 1.80 bits per heavy atom. The minimum Gasteiger partial charge on any atom is -0.508 e. The van der Waals surface area contributed by atoms with Gasteiger partial charge >= 0.3 is 0 Å². The highest BCUT2D eigenvalue weighted by Gasteiger charge is 2.16. The summed E-state index contributed by atoms with van der Waals surface area (Å²) < 4.78 is 7.01. The molecule has 0 radical (unpaired) electrons. The summed E-state index contributed by atoms with van der Waals surface area (Å²) in [6.07, 6.45) is 1.38. The number of aryl methyl sites for hydroxylation is 1. The number of ether oxygens (including phenoxy) is 1. The van der Waals surface area contributed by atoms with Crippen LogP contribution < -0.4 is 15.4 Å². The maximum atomic E-state index is 12.7. The summed E-state index contributed by atoms with van der Waals surface area (Å²) in [6, 6.07) is 16.8. The molecule has 0 aliphatic heterocycles. The van der Waals surface area contributed by atoms with Gasteiger partial charge in [-0.1, -0.05) is 28.1 Å². The molecule has 9 heteroatoms. The topological polar surface area (TPSA) is 111 Å². The predicted octanol–water partition coefficient (Wildman–Crippen LogP) is 6.10. The number of aromatic hydroxyl groups is 1. The van der Waals surface area contributed by atoms with Crippen molar-refractivity contribution in [2.45, 2.75) is 13.8 Å². The third-order valence-corrected chi connectivity index (χ3v) is 6.10. The molecule has 7 nitrogen and oxygen atoms in total. The van der Waals surface area contributed by atoms with Crippen LogP contribution in [0.5, 0.6) is 11.5 Å². The number of phenolic OH excluding ortho intramolecular Hbond substituents is 1. The Morgan fingerprint density at radius 1 is 1.09 bits per heavy atom. The van der Waals surface area contributed by atoms with E-state index in [0.29, 0.717) is 31.6 Å². The molecule has 35 heavy (non-hydrogen) atoms. The molecule has 0 atom stereocenters. The Bertz CT molecular complexity index is 1350. The Morgan fingerprint density at radius 3 is 2.49 bits per heavy atom. The minimum atomic E-state index is -0.632. The zero-order valence-electron chi connectivity index (χ0n) is 18.9. The highest BCUT2D eigenvalue weighted by molar-refractivity contribution is 9.11. The first kappa shape index (κ1) is 26.0. The third-order valence-electron chi connectivity index (χ3n) is 5.05. The number of carbonyl (C=O) groups is 2. The fraction of sp³-hybridized carbons (Fsp3) is 0.115. The van der Waals surface area contributed by atoms with Gasteiger partial charge in [0.15, 0.2) is 6.61 Å². The predicted molar refractivity (Wildman–Crippen MR) is 142 cm³/mol. The van der Waals surface area contributed by atoms with Crippen molar-refractivity contribution >= 4 is 61.1 Å². The monoisotopic (exact) mass is 597 g/mol. The van der Waals surface area contributed by atoms with Crippen LogP contribution in [0.25, 0.3) is 6.08 Å². The number of nitrogens with one attached hydrogen (secondary N) is 2. The van der Waals surface area contributed by atoms with Crippen LogP contribution in [0.1, 0.15) is 16.7 Å². The van der Waals surface area contributed by atoms with Crippen LogP contribution in [0.4, 0.5) is 11.4 Å². The molecule has 3 aromatic rings. The van der Waals surface area contributed by atoms with E-state index in [-0.39, 0.29) is 23.8 Å². The van der Waals surface area contributed by atoms with E-state index in [4.69, 9.17) is 4.74 Å². The lowest BCUT2D eigenvalue weighted by molar-refractivity contribution is -0.118. The van der Waals surface area contributed by atoms with Crippen molar-refractivity contribution in [3.05, 3.63) is 85.8 Å². The fourth-order valence-corrected chi connectivity index (χ4v) is 4.47. The summed E-state index contributed by atoms with van der Waals surface area (Å²) in [5.74, 6) is -0.627. The smallest absolute Gasteiger partial charge is 0.266 e. The van der Waals surface area contributed by atoms with Crippen LogP contribution in [-0.2, 0) is 9.59 Å². The second-order valence-corrected chi connectivity index (χ2v) is 9.33. The van der Waals surface area contributed by atoms with Crippen LogP contribution in [0.2, 0.25) is 0 Å². The maximum Gasteiger partial charge on any atom is 0.266 e. The van der Waals surface area contributed by atoms with Gasteiger partial charge < -0.3 is 20.5 Å². The number of phenols is 1. The molecule has 0 spiro atoms. The number of hydrogen-bond donors (Lipinski definition) is 3. The van der Waals surface area contributed by atoms with Gasteiger partial charge in [0.25, 0.3) is 11.8 Å². The number of amides is 2. The van der Waals surface area contributed by atoms with Crippen molar-refractivity contribution in [2.24, 2.45) is 0 Å². The fourth-order valence-electron chi connectivity index (χ4n) is 3.10. The molecule has 0 aliphatic rings. The normalized spacial score (nSPS) is 10.9. The lowest BCUT2D eigenvalue weighted by Gasteiger charge is -2.14. The lowest BCUT2D eigenvalue weighted by atomic mass is 10.1. The van der Waals surface area contributed by atoms with E-state index in [1.165, 1.54) is 30.3 Å². The molecule has 3 rings (SSSR count). The molecule has 0 saturated carbocycles. The Labute approximate surface area is 219 Å². The Kier molecular flexibility index (Phi) is 8.68. The van der Waals surface area contributed by atoms with Gasteiger partial charge in [-0.2, -0.15) is 5.26 Å². The number of benzene rings is 3. The van der Waals surface area contributed by atoms with E-state index in [2.05, 4.69) is 42.5 Å². The van der Waals surface area contributed by atoms with Crippen LogP contribution in [0.3, 0.4) is 0 Å². The highest BCUT2D eigenvalue weighted by Crippen LogP contribution is 2.34. The van der Waals surface area contributed by atoms with Gasteiger partial charge in [-0.3, -0.25) is 9.59 Å². The molecular formula is C26H21Br2N3O4. The SMILES string of the molecule is Cc1cccc(NC(=O)COc2c(Br)cc(Br)cc2/C=C(\C#N)C(=O)Nc2ccc(O)cc2)c1C. The first-order valence-corrected chi connectivity index (χ1v) is 12.0. The summed E-state index contributed by atoms with van der Waals surface area (Å²) in [6.45, 7) is 3.60. The minimum absolute atomic E-state index is 0.0569. The standard InChI is InChI=1S/C26H21Br2N3O4/c1-15-4-3-5-23(16(15)2)31-24(33)14-35-25-17(11-19(27)12-22(25)28)10-18(13-29)26(34)30-20-6-8-21(32)9-7-20/h3-12,32H,14H2,1-2H3,(H,30,34)(H,31,33)/b18-10+. The van der Waals surface area contributed by atoms with Gasteiger partial charge in [0.2, 0.25) is 0 Å². The molecular weight excluding hydrogens is 578 g/mol. The number of hydrogen-bond acceptors (Lipinski definition) is 5. The number of nitriles is 1. The molecule has 3 N–H and O–H groups in total. The van der Waals surface area contributed by atoms with Gasteiger partial charge in [0.05, 0.1) is 4.47 Å². The first-order valence-electron chi connectivity index (χ1n) is 10.4. The second-order valence-electron chi connectivity index (χ2n) is 7.56. The molecule has 178 valence electrons. The largest absolute Gasteiger partial charge is 0.508 e. The van der Waals surface area contributed by atoms with Crippen LogP contribution in [0, 0.1) is 25.2 Å². The zero-order valence-corrected chi connectivity index (χ0v) is 22.0. The van der Waals surface area contributed by atoms with E-state index in [0.717, 1.165) is 11.1 Å². The number of carbonyl (C=O) groups excluding carboxylic acids is 2. The van der Waals surface area contributed by atoms with Crippen molar-refractivity contribution in [3.63, 3.8) is 0 Å². The van der Waals surface area contributed by atoms with Crippen LogP contribution >= 0.6 is 31.9 Å². The second kappa shape index (κ2) is 11.7. The molecule has 3 aromatic carbocycles. The summed E-state index contributed by atoms with van der Waals surface area (Å²) in [5.41, 5.74) is 3.39. The quantitative estimate of drug-likeness (QED) is 0.173. The van der Waals surface area contributed by atoms with Gasteiger partial charge in [-0.05, 0) is 89.4 Å². The average molecular weight is 599 g/mol. The molecule has 0 saturated heterocycles. The van der Waals surface area contributed by atoms with E-state index >= 15 is 0 Å². The van der Waals surface area contributed by atoms with Crippen molar-refractivity contribution in [2.75, 3.05) is 17.2 Å². The summed E-state index contributed by atoms with van der Waals surface area (Å²) in [5, 5.41) is 24.4. The zero-order chi connectivity index (χ0) is 25.5. The average Bonchev–Trinajstić information content (AvgIpc) is 2.81. The molecule has 0 unspecified atom stereocenters. The van der Waals surface area contributed by atoms with E-state index in [1.54, 1.807) is 12.1 Å². The summed E-state index contributed by atoms with van der Waals surface area (Å²) in [7, 11) is 0. The lowest BCUT2D eigenvalue weighted by Crippen LogP contribution is -2.21. The first-order chi connectivity index (χ1) is 16.7. The molecule has 0 fully saturated rings. The van der Waals surface area contributed by atoms with Crippen molar-refractivity contribution in [1.82, 2.24) is 0 Å². The summed E-state index contributed by atoms with van der Waals surface area (Å²) in [4.78, 5) is 25.2.